The van der Waals surface area contributed by atoms with Gasteiger partial charge in [0.05, 0.1) is 12.3 Å². The quantitative estimate of drug-likeness (QED) is 0.494. The van der Waals surface area contributed by atoms with E-state index >= 15 is 0 Å². The highest BCUT2D eigenvalue weighted by Gasteiger charge is 2.34. The molecule has 0 saturated carbocycles. The van der Waals surface area contributed by atoms with Crippen LogP contribution in [0.5, 0.6) is 11.5 Å². The van der Waals surface area contributed by atoms with Crippen LogP contribution < -0.4 is 10.1 Å². The third-order valence-electron chi connectivity index (χ3n) is 4.92. The summed E-state index contributed by atoms with van der Waals surface area (Å²) < 4.78 is 5.48. The summed E-state index contributed by atoms with van der Waals surface area (Å²) in [5, 5.41) is 23.2. The molecule has 3 aromatic rings. The first-order valence-electron chi connectivity index (χ1n) is 9.30. The number of thiophene rings is 1. The van der Waals surface area contributed by atoms with Crippen molar-refractivity contribution in [3.05, 3.63) is 62.8 Å². The Hall–Kier alpha value is -3.03. The maximum absolute atomic E-state index is 12.5. The van der Waals surface area contributed by atoms with Crippen LogP contribution in [0, 0.1) is 0 Å². The highest BCUT2D eigenvalue weighted by atomic mass is 35.5. The Morgan fingerprint density at radius 3 is 2.67 bits per heavy atom. The molecule has 0 radical (unpaired) electrons. The number of phenolic OH excluding ortho intramolecular Hbond substituents is 1. The average molecular weight is 444 g/mol. The van der Waals surface area contributed by atoms with E-state index in [-0.39, 0.29) is 28.9 Å². The smallest absolute Gasteiger partial charge is 0.346 e. The Balaban J connectivity index is 1.89. The van der Waals surface area contributed by atoms with Crippen LogP contribution in [-0.4, -0.2) is 28.7 Å². The molecule has 1 aliphatic rings. The molecule has 1 atom stereocenters. The summed E-state index contributed by atoms with van der Waals surface area (Å²) in [5.74, 6) is -1.27. The monoisotopic (exact) mass is 443 g/mol. The van der Waals surface area contributed by atoms with Crippen molar-refractivity contribution in [1.29, 1.82) is 0 Å². The van der Waals surface area contributed by atoms with Gasteiger partial charge in [-0.1, -0.05) is 29.8 Å². The molecule has 30 heavy (non-hydrogen) atoms. The van der Waals surface area contributed by atoms with Crippen LogP contribution in [0.25, 0.3) is 11.1 Å². The van der Waals surface area contributed by atoms with Gasteiger partial charge in [0, 0.05) is 27.8 Å². The molecule has 3 N–H and O–H groups in total. The number of fused-ring (bicyclic) bond motifs is 1. The molecule has 4 rings (SSSR count). The molecule has 0 aliphatic carbocycles. The largest absolute Gasteiger partial charge is 0.504 e. The Bertz CT molecular complexity index is 1140. The van der Waals surface area contributed by atoms with Crippen molar-refractivity contribution in [2.75, 3.05) is 11.9 Å². The second-order valence-corrected chi connectivity index (χ2v) is 8.31. The predicted molar refractivity (Wildman–Crippen MR) is 116 cm³/mol. The predicted octanol–water partition coefficient (Wildman–Crippen LogP) is 5.35. The molecular formula is C22H18ClNO5S. The van der Waals surface area contributed by atoms with Gasteiger partial charge in [-0.2, -0.15) is 0 Å². The molecular weight excluding hydrogens is 426 g/mol. The third-order valence-corrected chi connectivity index (χ3v) is 6.46. The number of benzene rings is 2. The number of aromatic carboxylic acids is 1. The summed E-state index contributed by atoms with van der Waals surface area (Å²) in [6.07, 6.45) is 0.170. The van der Waals surface area contributed by atoms with E-state index in [0.29, 0.717) is 34.2 Å². The zero-order valence-electron chi connectivity index (χ0n) is 15.9. The van der Waals surface area contributed by atoms with Crippen molar-refractivity contribution in [1.82, 2.24) is 0 Å². The first-order valence-corrected chi connectivity index (χ1v) is 10.5. The van der Waals surface area contributed by atoms with Gasteiger partial charge in [0.2, 0.25) is 5.91 Å². The number of rotatable bonds is 5. The summed E-state index contributed by atoms with van der Waals surface area (Å²) in [4.78, 5) is 25.5. The van der Waals surface area contributed by atoms with Crippen molar-refractivity contribution in [2.45, 2.75) is 19.3 Å². The number of hydrogen-bond donors (Lipinski definition) is 3. The van der Waals surface area contributed by atoms with E-state index in [9.17, 15) is 19.8 Å². The van der Waals surface area contributed by atoms with Gasteiger partial charge in [0.25, 0.3) is 0 Å². The summed E-state index contributed by atoms with van der Waals surface area (Å²) in [5.41, 5.74) is 2.41. The molecule has 0 bridgehead atoms. The lowest BCUT2D eigenvalue weighted by molar-refractivity contribution is -0.116. The Labute approximate surface area is 181 Å². The van der Waals surface area contributed by atoms with Crippen LogP contribution in [0.3, 0.4) is 0 Å². The molecule has 1 aromatic heterocycles. The van der Waals surface area contributed by atoms with Gasteiger partial charge < -0.3 is 20.3 Å². The Morgan fingerprint density at radius 2 is 2.00 bits per heavy atom. The van der Waals surface area contributed by atoms with Gasteiger partial charge in [0.1, 0.15) is 4.88 Å². The van der Waals surface area contributed by atoms with E-state index in [1.165, 1.54) is 6.07 Å². The highest BCUT2D eigenvalue weighted by Crippen LogP contribution is 2.50. The second kappa shape index (κ2) is 8.01. The number of carboxylic acid groups (broad SMARTS) is 1. The van der Waals surface area contributed by atoms with Crippen molar-refractivity contribution < 1.29 is 24.5 Å². The van der Waals surface area contributed by atoms with Crippen LogP contribution in [-0.2, 0) is 4.79 Å². The number of halogens is 1. The van der Waals surface area contributed by atoms with E-state index < -0.39 is 5.97 Å². The van der Waals surface area contributed by atoms with Gasteiger partial charge in [0.15, 0.2) is 11.5 Å². The molecule has 8 heteroatoms. The Morgan fingerprint density at radius 1 is 1.27 bits per heavy atom. The van der Waals surface area contributed by atoms with E-state index in [1.54, 1.807) is 36.4 Å². The minimum atomic E-state index is -1.06. The summed E-state index contributed by atoms with van der Waals surface area (Å²) in [7, 11) is 0. The SMILES string of the molecule is CCOc1cc([C@H]2CC(=O)Nc3c2sc(C(=O)O)c3-c2ccc(Cl)cc2)ccc1O. The van der Waals surface area contributed by atoms with E-state index in [0.717, 1.165) is 21.8 Å². The molecule has 1 amide bonds. The van der Waals surface area contributed by atoms with Crippen LogP contribution in [0.4, 0.5) is 5.69 Å². The molecule has 0 fully saturated rings. The van der Waals surface area contributed by atoms with Crippen LogP contribution in [0.1, 0.15) is 39.4 Å². The minimum Gasteiger partial charge on any atom is -0.504 e. The summed E-state index contributed by atoms with van der Waals surface area (Å²) >= 11 is 7.13. The zero-order valence-corrected chi connectivity index (χ0v) is 17.5. The first-order chi connectivity index (χ1) is 14.4. The number of aromatic hydroxyl groups is 1. The average Bonchev–Trinajstić information content (AvgIpc) is 3.09. The lowest BCUT2D eigenvalue weighted by Gasteiger charge is -2.24. The normalized spacial score (nSPS) is 15.4. The van der Waals surface area contributed by atoms with Crippen LogP contribution >= 0.6 is 22.9 Å². The number of carbonyl (C=O) groups is 2. The number of hydrogen-bond acceptors (Lipinski definition) is 5. The zero-order chi connectivity index (χ0) is 21.4. The summed E-state index contributed by atoms with van der Waals surface area (Å²) in [6.45, 7) is 2.20. The topological polar surface area (TPSA) is 95.9 Å². The third kappa shape index (κ3) is 3.62. The maximum atomic E-state index is 12.5. The van der Waals surface area contributed by atoms with Crippen molar-refractivity contribution in [3.8, 4) is 22.6 Å². The van der Waals surface area contributed by atoms with Gasteiger partial charge in [-0.25, -0.2) is 4.79 Å². The van der Waals surface area contributed by atoms with Crippen molar-refractivity contribution >= 4 is 40.5 Å². The standard InChI is InChI=1S/C22H18ClNO5S/c1-2-29-16-9-12(5-8-15(16)25)14-10-17(26)24-19-18(11-3-6-13(23)7-4-11)21(22(27)28)30-20(14)19/h3-9,14,25H,2,10H2,1H3,(H,24,26)(H,27,28)/t14-/m1/s1. The van der Waals surface area contributed by atoms with Gasteiger partial charge in [-0.05, 0) is 42.3 Å². The first kappa shape index (κ1) is 20.3. The molecule has 154 valence electrons. The molecule has 0 spiro atoms. The fourth-order valence-corrected chi connectivity index (χ4v) is 4.99. The number of ether oxygens (including phenoxy) is 1. The summed E-state index contributed by atoms with van der Waals surface area (Å²) in [6, 6.07) is 11.8. The lowest BCUT2D eigenvalue weighted by atomic mass is 9.88. The lowest BCUT2D eigenvalue weighted by Crippen LogP contribution is -2.22. The number of nitrogens with one attached hydrogen (secondary N) is 1. The fraction of sp³-hybridized carbons (Fsp3) is 0.182. The van der Waals surface area contributed by atoms with Crippen molar-refractivity contribution in [3.63, 3.8) is 0 Å². The van der Waals surface area contributed by atoms with E-state index in [1.807, 2.05) is 6.92 Å². The van der Waals surface area contributed by atoms with E-state index in [2.05, 4.69) is 5.32 Å². The number of amides is 1. The highest BCUT2D eigenvalue weighted by molar-refractivity contribution is 7.15. The van der Waals surface area contributed by atoms with Crippen LogP contribution in [0.15, 0.2) is 42.5 Å². The number of phenols is 1. The molecule has 0 saturated heterocycles. The maximum Gasteiger partial charge on any atom is 0.346 e. The fourth-order valence-electron chi connectivity index (χ4n) is 3.62. The van der Waals surface area contributed by atoms with Crippen molar-refractivity contribution in [2.24, 2.45) is 0 Å². The number of carboxylic acids is 1. The minimum absolute atomic E-state index is 0.0142. The molecule has 0 unspecified atom stereocenters. The van der Waals surface area contributed by atoms with E-state index in [4.69, 9.17) is 16.3 Å². The van der Waals surface area contributed by atoms with Crippen LogP contribution in [0.2, 0.25) is 5.02 Å². The molecule has 2 aromatic carbocycles. The number of carbonyl (C=O) groups excluding carboxylic acids is 1. The van der Waals surface area contributed by atoms with Gasteiger partial charge >= 0.3 is 5.97 Å². The van der Waals surface area contributed by atoms with Gasteiger partial charge in [-0.3, -0.25) is 4.79 Å². The molecule has 1 aliphatic heterocycles. The second-order valence-electron chi connectivity index (χ2n) is 6.82. The number of anilines is 1. The Kier molecular flexibility index (Phi) is 5.40. The molecule has 2 heterocycles. The van der Waals surface area contributed by atoms with Gasteiger partial charge in [-0.15, -0.1) is 11.3 Å². The molecule has 6 nitrogen and oxygen atoms in total.